The van der Waals surface area contributed by atoms with Gasteiger partial charge in [-0.3, -0.25) is 14.4 Å². The molecular weight excluding hydrogens is 320 g/mol. The molecule has 2 aliphatic heterocycles. The Bertz CT molecular complexity index is 661. The first-order valence-electron chi connectivity index (χ1n) is 8.81. The van der Waals surface area contributed by atoms with E-state index in [1.807, 2.05) is 30.3 Å². The summed E-state index contributed by atoms with van der Waals surface area (Å²) >= 11 is 0. The number of piperidine rings is 2. The summed E-state index contributed by atoms with van der Waals surface area (Å²) in [6, 6.07) is 9.32. The lowest BCUT2D eigenvalue weighted by Gasteiger charge is -2.42. The molecule has 0 spiro atoms. The van der Waals surface area contributed by atoms with Crippen LogP contribution in [-0.4, -0.2) is 52.8 Å². The Morgan fingerprint density at radius 2 is 1.88 bits per heavy atom. The molecule has 2 saturated heterocycles. The highest BCUT2D eigenvalue weighted by atomic mass is 16.4. The minimum Gasteiger partial charge on any atom is -0.481 e. The van der Waals surface area contributed by atoms with E-state index < -0.39 is 11.9 Å². The maximum absolute atomic E-state index is 13.2. The highest BCUT2D eigenvalue weighted by Gasteiger charge is 2.41. The Morgan fingerprint density at radius 1 is 1.16 bits per heavy atom. The fourth-order valence-electron chi connectivity index (χ4n) is 4.02. The summed E-state index contributed by atoms with van der Waals surface area (Å²) in [4.78, 5) is 40.0. The van der Waals surface area contributed by atoms with E-state index in [0.29, 0.717) is 32.2 Å². The van der Waals surface area contributed by atoms with Crippen LogP contribution in [0.1, 0.15) is 37.3 Å². The lowest BCUT2D eigenvalue weighted by molar-refractivity contribution is -0.150. The van der Waals surface area contributed by atoms with Crippen molar-refractivity contribution in [2.75, 3.05) is 20.1 Å². The SMILES string of the molecule is CN1C(=O)CCC(C(=O)N2CCCC(C(=O)O)C2)C1c1ccccc1. The lowest BCUT2D eigenvalue weighted by Crippen LogP contribution is -2.50. The van der Waals surface area contributed by atoms with Gasteiger partial charge in [-0.05, 0) is 24.8 Å². The van der Waals surface area contributed by atoms with Gasteiger partial charge in [0.25, 0.3) is 0 Å². The van der Waals surface area contributed by atoms with E-state index in [1.165, 1.54) is 0 Å². The molecule has 134 valence electrons. The minimum absolute atomic E-state index is 0.0286. The summed E-state index contributed by atoms with van der Waals surface area (Å²) in [5.74, 6) is -1.64. The molecule has 6 heteroatoms. The molecule has 6 nitrogen and oxygen atoms in total. The smallest absolute Gasteiger partial charge is 0.308 e. The van der Waals surface area contributed by atoms with Gasteiger partial charge < -0.3 is 14.9 Å². The van der Waals surface area contributed by atoms with E-state index in [1.54, 1.807) is 16.8 Å². The molecule has 1 aromatic rings. The van der Waals surface area contributed by atoms with Crippen LogP contribution < -0.4 is 0 Å². The predicted octanol–water partition coefficient (Wildman–Crippen LogP) is 1.92. The zero-order chi connectivity index (χ0) is 18.0. The number of rotatable bonds is 3. The molecule has 3 atom stereocenters. The van der Waals surface area contributed by atoms with Gasteiger partial charge in [0.05, 0.1) is 17.9 Å². The second-order valence-electron chi connectivity index (χ2n) is 6.97. The van der Waals surface area contributed by atoms with Crippen molar-refractivity contribution >= 4 is 17.8 Å². The molecule has 0 aromatic heterocycles. The number of carboxylic acid groups (broad SMARTS) is 1. The number of nitrogens with zero attached hydrogens (tertiary/aromatic N) is 2. The number of carbonyl (C=O) groups excluding carboxylic acids is 2. The van der Waals surface area contributed by atoms with E-state index in [4.69, 9.17) is 0 Å². The number of hydrogen-bond acceptors (Lipinski definition) is 3. The topological polar surface area (TPSA) is 77.9 Å². The average Bonchev–Trinajstić information content (AvgIpc) is 2.64. The van der Waals surface area contributed by atoms with Gasteiger partial charge >= 0.3 is 5.97 Å². The van der Waals surface area contributed by atoms with Crippen LogP contribution in [0.4, 0.5) is 0 Å². The second kappa shape index (κ2) is 7.25. The molecule has 1 N–H and O–H groups in total. The molecule has 2 aliphatic rings. The zero-order valence-corrected chi connectivity index (χ0v) is 14.4. The molecule has 1 aromatic carbocycles. The molecular formula is C19H24N2O4. The van der Waals surface area contributed by atoms with E-state index >= 15 is 0 Å². The number of aliphatic carboxylic acids is 1. The van der Waals surface area contributed by atoms with Crippen LogP contribution in [0, 0.1) is 11.8 Å². The van der Waals surface area contributed by atoms with Crippen molar-refractivity contribution in [2.45, 2.75) is 31.7 Å². The largest absolute Gasteiger partial charge is 0.481 e. The number of amides is 2. The number of carboxylic acids is 1. The second-order valence-corrected chi connectivity index (χ2v) is 6.97. The first kappa shape index (κ1) is 17.5. The van der Waals surface area contributed by atoms with E-state index in [9.17, 15) is 19.5 Å². The number of carbonyl (C=O) groups is 3. The van der Waals surface area contributed by atoms with Gasteiger partial charge in [0, 0.05) is 26.6 Å². The van der Waals surface area contributed by atoms with Crippen LogP contribution in [0.25, 0.3) is 0 Å². The Morgan fingerprint density at radius 3 is 2.56 bits per heavy atom. The Hall–Kier alpha value is -2.37. The predicted molar refractivity (Wildman–Crippen MR) is 91.6 cm³/mol. The summed E-state index contributed by atoms with van der Waals surface area (Å²) < 4.78 is 0. The average molecular weight is 344 g/mol. The van der Waals surface area contributed by atoms with Gasteiger partial charge in [-0.2, -0.15) is 0 Å². The summed E-state index contributed by atoms with van der Waals surface area (Å²) in [7, 11) is 1.75. The van der Waals surface area contributed by atoms with Gasteiger partial charge in [0.15, 0.2) is 0 Å². The van der Waals surface area contributed by atoms with Crippen LogP contribution in [0.5, 0.6) is 0 Å². The molecule has 3 unspecified atom stereocenters. The molecule has 0 saturated carbocycles. The van der Waals surface area contributed by atoms with Crippen molar-refractivity contribution in [1.82, 2.24) is 9.80 Å². The van der Waals surface area contributed by atoms with Gasteiger partial charge in [0.1, 0.15) is 0 Å². The zero-order valence-electron chi connectivity index (χ0n) is 14.4. The molecule has 2 heterocycles. The summed E-state index contributed by atoms with van der Waals surface area (Å²) in [5, 5.41) is 9.26. The van der Waals surface area contributed by atoms with Crippen molar-refractivity contribution in [3.05, 3.63) is 35.9 Å². The third kappa shape index (κ3) is 3.52. The Kier molecular flexibility index (Phi) is 5.06. The highest BCUT2D eigenvalue weighted by molar-refractivity contribution is 5.85. The lowest BCUT2D eigenvalue weighted by atomic mass is 9.83. The fraction of sp³-hybridized carbons (Fsp3) is 0.526. The highest BCUT2D eigenvalue weighted by Crippen LogP contribution is 2.37. The molecule has 0 bridgehead atoms. The number of benzene rings is 1. The first-order chi connectivity index (χ1) is 12.0. The quantitative estimate of drug-likeness (QED) is 0.909. The van der Waals surface area contributed by atoms with Gasteiger partial charge in [0.2, 0.25) is 11.8 Å². The molecule has 2 amide bonds. The number of hydrogen-bond donors (Lipinski definition) is 1. The van der Waals surface area contributed by atoms with E-state index in [-0.39, 0.29) is 30.3 Å². The van der Waals surface area contributed by atoms with Crippen LogP contribution in [0.2, 0.25) is 0 Å². The molecule has 3 rings (SSSR count). The van der Waals surface area contributed by atoms with E-state index in [0.717, 1.165) is 5.56 Å². The van der Waals surface area contributed by atoms with Crippen molar-refractivity contribution in [1.29, 1.82) is 0 Å². The van der Waals surface area contributed by atoms with Crippen molar-refractivity contribution in [3.63, 3.8) is 0 Å². The van der Waals surface area contributed by atoms with Crippen LogP contribution in [0.15, 0.2) is 30.3 Å². The normalized spacial score (nSPS) is 27.2. The molecule has 0 aliphatic carbocycles. The maximum Gasteiger partial charge on any atom is 0.308 e. The molecule has 0 radical (unpaired) electrons. The number of likely N-dealkylation sites (tertiary alicyclic amines) is 2. The third-order valence-electron chi connectivity index (χ3n) is 5.40. The monoisotopic (exact) mass is 344 g/mol. The first-order valence-corrected chi connectivity index (χ1v) is 8.81. The molecule has 2 fully saturated rings. The Labute approximate surface area is 147 Å². The summed E-state index contributed by atoms with van der Waals surface area (Å²) in [5.41, 5.74) is 0.947. The van der Waals surface area contributed by atoms with Crippen molar-refractivity contribution in [2.24, 2.45) is 11.8 Å². The Balaban J connectivity index is 1.84. The van der Waals surface area contributed by atoms with Gasteiger partial charge in [-0.1, -0.05) is 30.3 Å². The summed E-state index contributed by atoms with van der Waals surface area (Å²) in [6.07, 6.45) is 2.19. The molecule has 25 heavy (non-hydrogen) atoms. The van der Waals surface area contributed by atoms with Gasteiger partial charge in [-0.15, -0.1) is 0 Å². The minimum atomic E-state index is -0.840. The fourth-order valence-corrected chi connectivity index (χ4v) is 4.02. The summed E-state index contributed by atoms with van der Waals surface area (Å²) in [6.45, 7) is 0.863. The third-order valence-corrected chi connectivity index (χ3v) is 5.40. The van der Waals surface area contributed by atoms with Crippen molar-refractivity contribution < 1.29 is 19.5 Å². The van der Waals surface area contributed by atoms with Crippen molar-refractivity contribution in [3.8, 4) is 0 Å². The maximum atomic E-state index is 13.2. The van der Waals surface area contributed by atoms with Crippen LogP contribution in [0.3, 0.4) is 0 Å². The van der Waals surface area contributed by atoms with Gasteiger partial charge in [-0.25, -0.2) is 0 Å². The van der Waals surface area contributed by atoms with E-state index in [2.05, 4.69) is 0 Å². The standard InChI is InChI=1S/C19H24N2O4/c1-20-16(22)10-9-15(17(20)13-6-3-2-4-7-13)18(23)21-11-5-8-14(12-21)19(24)25/h2-4,6-7,14-15,17H,5,8-12H2,1H3,(H,24,25). The van der Waals surface area contributed by atoms with Crippen LogP contribution >= 0.6 is 0 Å². The van der Waals surface area contributed by atoms with Crippen LogP contribution in [-0.2, 0) is 14.4 Å².